The second-order valence-corrected chi connectivity index (χ2v) is 3.72. The van der Waals surface area contributed by atoms with Gasteiger partial charge in [0.05, 0.1) is 0 Å². The van der Waals surface area contributed by atoms with E-state index >= 15 is 0 Å². The van der Waals surface area contributed by atoms with Crippen LogP contribution >= 0.6 is 0 Å². The normalized spacial score (nSPS) is 9.78. The molecule has 0 aromatic carbocycles. The molecule has 0 aliphatic rings. The minimum atomic E-state index is 0.0987. The number of aromatic nitrogens is 3. The van der Waals surface area contributed by atoms with E-state index < -0.39 is 0 Å². The van der Waals surface area contributed by atoms with E-state index in [-0.39, 0.29) is 11.4 Å². The molecule has 0 spiro atoms. The van der Waals surface area contributed by atoms with Gasteiger partial charge in [-0.25, -0.2) is 9.97 Å². The number of pyridine rings is 1. The molecule has 0 fully saturated rings. The summed E-state index contributed by atoms with van der Waals surface area (Å²) < 4.78 is 1.51. The van der Waals surface area contributed by atoms with Gasteiger partial charge in [0.25, 0.3) is 0 Å². The predicted molar refractivity (Wildman–Crippen MR) is 63.4 cm³/mol. The predicted octanol–water partition coefficient (Wildman–Crippen LogP) is 0.778. The second-order valence-electron chi connectivity index (χ2n) is 3.72. The summed E-state index contributed by atoms with van der Waals surface area (Å²) in [6.45, 7) is 2.28. The Labute approximate surface area is 104 Å². The van der Waals surface area contributed by atoms with Crippen LogP contribution in [0.1, 0.15) is 22.5 Å². The van der Waals surface area contributed by atoms with Crippen LogP contribution in [0.5, 0.6) is 0 Å². The number of nitrogens with zero attached hydrogens (tertiary/aromatic N) is 5. The topological polar surface area (TPSA) is 104 Å². The quantitative estimate of drug-likeness (QED) is 0.832. The van der Waals surface area contributed by atoms with Gasteiger partial charge in [0.1, 0.15) is 24.3 Å². The Hall–Kier alpha value is -2.70. The highest BCUT2D eigenvalue weighted by Gasteiger charge is 2.13. The zero-order valence-corrected chi connectivity index (χ0v) is 9.75. The average molecular weight is 238 g/mol. The molecule has 0 aliphatic carbocycles. The third-order valence-corrected chi connectivity index (χ3v) is 2.55. The maximum Gasteiger partial charge on any atom is 0.177 e. The van der Waals surface area contributed by atoms with Crippen LogP contribution in [0.25, 0.3) is 5.82 Å². The van der Waals surface area contributed by atoms with Crippen molar-refractivity contribution in [2.75, 3.05) is 0 Å². The fraction of sp³-hybridized carbons (Fsp3) is 0.167. The molecule has 0 amide bonds. The molecule has 2 heterocycles. The summed E-state index contributed by atoms with van der Waals surface area (Å²) in [6, 6.07) is 5.74. The molecule has 0 radical (unpaired) electrons. The maximum atomic E-state index is 9.06. The summed E-state index contributed by atoms with van der Waals surface area (Å²) in [5.41, 5.74) is 7.61. The number of imidazole rings is 1. The highest BCUT2D eigenvalue weighted by molar-refractivity contribution is 5.44. The number of aryl methyl sites for hydroxylation is 1. The van der Waals surface area contributed by atoms with Crippen LogP contribution in [0.3, 0.4) is 0 Å². The smallest absolute Gasteiger partial charge is 0.177 e. The Kier molecular flexibility index (Phi) is 3.05. The van der Waals surface area contributed by atoms with Crippen LogP contribution in [0.15, 0.2) is 18.6 Å². The van der Waals surface area contributed by atoms with Crippen molar-refractivity contribution in [3.63, 3.8) is 0 Å². The molecule has 2 aromatic heterocycles. The van der Waals surface area contributed by atoms with Crippen LogP contribution in [0.2, 0.25) is 0 Å². The van der Waals surface area contributed by atoms with E-state index in [4.69, 9.17) is 16.3 Å². The fourth-order valence-corrected chi connectivity index (χ4v) is 1.69. The van der Waals surface area contributed by atoms with Gasteiger partial charge in [-0.3, -0.25) is 4.57 Å². The van der Waals surface area contributed by atoms with Gasteiger partial charge in [-0.2, -0.15) is 10.5 Å². The molecular formula is C12H10N6. The monoisotopic (exact) mass is 238 g/mol. The summed E-state index contributed by atoms with van der Waals surface area (Å²) in [5.74, 6) is 0.581. The summed E-state index contributed by atoms with van der Waals surface area (Å²) in [5, 5.41) is 17.9. The lowest BCUT2D eigenvalue weighted by Crippen LogP contribution is -2.05. The molecule has 0 saturated carbocycles. The van der Waals surface area contributed by atoms with Crippen molar-refractivity contribution in [1.82, 2.24) is 14.5 Å². The molecule has 2 aromatic rings. The zero-order valence-electron chi connectivity index (χ0n) is 9.75. The number of rotatable bonds is 2. The molecule has 88 valence electrons. The van der Waals surface area contributed by atoms with Gasteiger partial charge >= 0.3 is 0 Å². The van der Waals surface area contributed by atoms with Crippen LogP contribution in [-0.4, -0.2) is 14.5 Å². The first-order valence-electron chi connectivity index (χ1n) is 5.24. The minimum Gasteiger partial charge on any atom is -0.326 e. The SMILES string of the molecule is Cc1cc(CN)cnc1-n1cnc(C#N)c1C#N. The van der Waals surface area contributed by atoms with Crippen LogP contribution in [0, 0.1) is 29.6 Å². The van der Waals surface area contributed by atoms with Crippen molar-refractivity contribution < 1.29 is 0 Å². The second kappa shape index (κ2) is 4.66. The molecule has 0 atom stereocenters. The van der Waals surface area contributed by atoms with Gasteiger partial charge in [0.15, 0.2) is 11.4 Å². The molecule has 0 bridgehead atoms. The third kappa shape index (κ3) is 1.81. The van der Waals surface area contributed by atoms with Crippen molar-refractivity contribution >= 4 is 0 Å². The first kappa shape index (κ1) is 11.8. The Morgan fingerprint density at radius 3 is 2.67 bits per heavy atom. The molecule has 2 N–H and O–H groups in total. The van der Waals surface area contributed by atoms with Gasteiger partial charge in [0, 0.05) is 12.7 Å². The van der Waals surface area contributed by atoms with E-state index in [1.165, 1.54) is 10.9 Å². The van der Waals surface area contributed by atoms with Gasteiger partial charge in [0.2, 0.25) is 0 Å². The molecule has 6 nitrogen and oxygen atoms in total. The van der Waals surface area contributed by atoms with Crippen LogP contribution in [0.4, 0.5) is 0 Å². The van der Waals surface area contributed by atoms with E-state index in [1.54, 1.807) is 6.20 Å². The lowest BCUT2D eigenvalue weighted by atomic mass is 10.2. The van der Waals surface area contributed by atoms with E-state index in [1.807, 2.05) is 25.1 Å². The first-order valence-corrected chi connectivity index (χ1v) is 5.24. The Morgan fingerprint density at radius 1 is 1.33 bits per heavy atom. The van der Waals surface area contributed by atoms with Crippen molar-refractivity contribution in [1.29, 1.82) is 10.5 Å². The summed E-state index contributed by atoms with van der Waals surface area (Å²) in [4.78, 5) is 8.14. The number of hydrogen-bond acceptors (Lipinski definition) is 5. The van der Waals surface area contributed by atoms with Crippen molar-refractivity contribution in [2.45, 2.75) is 13.5 Å². The lowest BCUT2D eigenvalue weighted by Gasteiger charge is -2.07. The minimum absolute atomic E-state index is 0.0987. The lowest BCUT2D eigenvalue weighted by molar-refractivity contribution is 0.939. The first-order chi connectivity index (χ1) is 8.71. The van der Waals surface area contributed by atoms with Gasteiger partial charge in [-0.05, 0) is 24.1 Å². The molecule has 0 saturated heterocycles. The van der Waals surface area contributed by atoms with E-state index in [0.717, 1.165) is 11.1 Å². The molecule has 0 aliphatic heterocycles. The Bertz CT molecular complexity index is 671. The molecular weight excluding hydrogens is 228 g/mol. The number of nitrogens with two attached hydrogens (primary N) is 1. The van der Waals surface area contributed by atoms with E-state index in [9.17, 15) is 0 Å². The summed E-state index contributed by atoms with van der Waals surface area (Å²) >= 11 is 0. The zero-order chi connectivity index (χ0) is 13.1. The van der Waals surface area contributed by atoms with Gasteiger partial charge in [-0.1, -0.05) is 0 Å². The van der Waals surface area contributed by atoms with Crippen molar-refractivity contribution in [3.8, 4) is 18.0 Å². The largest absolute Gasteiger partial charge is 0.326 e. The summed E-state index contributed by atoms with van der Waals surface area (Å²) in [6.07, 6.45) is 3.07. The number of nitriles is 2. The molecule has 0 unspecified atom stereocenters. The fourth-order valence-electron chi connectivity index (χ4n) is 1.69. The highest BCUT2D eigenvalue weighted by atomic mass is 15.1. The van der Waals surface area contributed by atoms with Crippen molar-refractivity contribution in [3.05, 3.63) is 41.1 Å². The Morgan fingerprint density at radius 2 is 2.11 bits per heavy atom. The average Bonchev–Trinajstić information content (AvgIpc) is 2.81. The standard InChI is InChI=1S/C12H10N6/c1-8-2-9(3-13)6-16-12(8)18-7-17-10(4-14)11(18)5-15/h2,6-7H,3,13H2,1H3. The van der Waals surface area contributed by atoms with E-state index in [0.29, 0.717) is 12.4 Å². The molecule has 18 heavy (non-hydrogen) atoms. The van der Waals surface area contributed by atoms with Crippen LogP contribution < -0.4 is 5.73 Å². The van der Waals surface area contributed by atoms with Gasteiger partial charge in [-0.15, -0.1) is 0 Å². The Balaban J connectivity index is 2.60. The maximum absolute atomic E-state index is 9.06. The molecule has 2 rings (SSSR count). The van der Waals surface area contributed by atoms with E-state index in [2.05, 4.69) is 9.97 Å². The highest BCUT2D eigenvalue weighted by Crippen LogP contribution is 2.16. The molecule has 6 heteroatoms. The van der Waals surface area contributed by atoms with Crippen molar-refractivity contribution in [2.24, 2.45) is 5.73 Å². The number of hydrogen-bond donors (Lipinski definition) is 1. The van der Waals surface area contributed by atoms with Crippen LogP contribution in [-0.2, 0) is 6.54 Å². The third-order valence-electron chi connectivity index (χ3n) is 2.55. The summed E-state index contributed by atoms with van der Waals surface area (Å²) in [7, 11) is 0. The van der Waals surface area contributed by atoms with Gasteiger partial charge < -0.3 is 5.73 Å².